The third-order valence-corrected chi connectivity index (χ3v) is 2.93. The summed E-state index contributed by atoms with van der Waals surface area (Å²) in [5.41, 5.74) is 0. The lowest BCUT2D eigenvalue weighted by atomic mass is 10.00. The molecule has 0 N–H and O–H groups in total. The third-order valence-electron chi connectivity index (χ3n) is 2.93. The van der Waals surface area contributed by atoms with E-state index in [1.807, 2.05) is 6.92 Å². The molecule has 0 aromatic rings. The molecule has 1 fully saturated rings. The monoisotopic (exact) mass is 169 g/mol. The van der Waals surface area contributed by atoms with E-state index < -0.39 is 0 Å². The van der Waals surface area contributed by atoms with Crippen molar-refractivity contribution in [2.24, 2.45) is 5.92 Å². The molecule has 0 amide bonds. The van der Waals surface area contributed by atoms with E-state index in [2.05, 4.69) is 18.9 Å². The van der Waals surface area contributed by atoms with Crippen LogP contribution in [0.2, 0.25) is 0 Å². The van der Waals surface area contributed by atoms with Crippen molar-refractivity contribution < 1.29 is 4.79 Å². The molecule has 70 valence electrons. The van der Waals surface area contributed by atoms with Gasteiger partial charge in [0.25, 0.3) is 0 Å². The van der Waals surface area contributed by atoms with Crippen LogP contribution in [0, 0.1) is 5.92 Å². The highest BCUT2D eigenvalue weighted by atomic mass is 16.1. The average Bonchev–Trinajstić information content (AvgIpc) is 2.45. The lowest BCUT2D eigenvalue weighted by Gasteiger charge is -2.16. The van der Waals surface area contributed by atoms with Crippen LogP contribution >= 0.6 is 0 Å². The third kappa shape index (κ3) is 1.86. The summed E-state index contributed by atoms with van der Waals surface area (Å²) in [5.74, 6) is 1.16. The van der Waals surface area contributed by atoms with Gasteiger partial charge in [-0.05, 0) is 19.4 Å². The second-order valence-electron chi connectivity index (χ2n) is 3.79. The van der Waals surface area contributed by atoms with Crippen molar-refractivity contribution in [1.29, 1.82) is 0 Å². The predicted molar refractivity (Wildman–Crippen MR) is 50.1 cm³/mol. The van der Waals surface area contributed by atoms with Crippen LogP contribution in [-0.4, -0.2) is 30.3 Å². The fourth-order valence-electron chi connectivity index (χ4n) is 2.01. The van der Waals surface area contributed by atoms with Gasteiger partial charge in [0.05, 0.1) is 6.04 Å². The van der Waals surface area contributed by atoms with Crippen LogP contribution in [0.3, 0.4) is 0 Å². The summed E-state index contributed by atoms with van der Waals surface area (Å²) >= 11 is 0. The van der Waals surface area contributed by atoms with Gasteiger partial charge in [-0.2, -0.15) is 0 Å². The Morgan fingerprint density at radius 3 is 2.58 bits per heavy atom. The molecule has 0 aliphatic carbocycles. The Morgan fingerprint density at radius 2 is 2.17 bits per heavy atom. The number of likely N-dealkylation sites (tertiary alicyclic amines) is 1. The first-order valence-corrected chi connectivity index (χ1v) is 4.92. The van der Waals surface area contributed by atoms with Crippen LogP contribution in [0.1, 0.15) is 33.1 Å². The molecule has 1 saturated heterocycles. The molecule has 0 unspecified atom stereocenters. The summed E-state index contributed by atoms with van der Waals surface area (Å²) in [6, 6.07) is 0.222. The quantitative estimate of drug-likeness (QED) is 0.641. The van der Waals surface area contributed by atoms with Gasteiger partial charge in [0, 0.05) is 13.0 Å². The fraction of sp³-hybridized carbons (Fsp3) is 0.900. The van der Waals surface area contributed by atoms with E-state index in [0.29, 0.717) is 12.2 Å². The molecular formula is C10H19NO. The molecule has 1 heterocycles. The summed E-state index contributed by atoms with van der Waals surface area (Å²) in [6.07, 6.45) is 2.98. The lowest BCUT2D eigenvalue weighted by Crippen LogP contribution is -2.32. The summed E-state index contributed by atoms with van der Waals surface area (Å²) in [4.78, 5) is 13.7. The zero-order valence-electron chi connectivity index (χ0n) is 8.34. The average molecular weight is 169 g/mol. The Hall–Kier alpha value is -0.370. The molecule has 1 rings (SSSR count). The summed E-state index contributed by atoms with van der Waals surface area (Å²) in [5, 5.41) is 0. The minimum absolute atomic E-state index is 0.222. The molecule has 0 saturated carbocycles. The molecular weight excluding hydrogens is 150 g/mol. The van der Waals surface area contributed by atoms with E-state index in [4.69, 9.17) is 0 Å². The van der Waals surface area contributed by atoms with E-state index in [-0.39, 0.29) is 6.04 Å². The van der Waals surface area contributed by atoms with Crippen LogP contribution < -0.4 is 0 Å². The number of rotatable bonds is 3. The number of likely N-dealkylation sites (N-methyl/N-ethyl adjacent to an activating group) is 1. The zero-order valence-corrected chi connectivity index (χ0v) is 8.34. The predicted octanol–water partition coefficient (Wildman–Crippen LogP) is 1.70. The first-order chi connectivity index (χ1) is 5.69. The first-order valence-electron chi connectivity index (χ1n) is 4.92. The summed E-state index contributed by atoms with van der Waals surface area (Å²) in [7, 11) is 2.06. The van der Waals surface area contributed by atoms with Crippen LogP contribution in [0.5, 0.6) is 0 Å². The number of ketones is 1. The van der Waals surface area contributed by atoms with Gasteiger partial charge in [-0.25, -0.2) is 0 Å². The van der Waals surface area contributed by atoms with E-state index in [9.17, 15) is 4.79 Å². The topological polar surface area (TPSA) is 20.3 Å². The van der Waals surface area contributed by atoms with Gasteiger partial charge >= 0.3 is 0 Å². The van der Waals surface area contributed by atoms with E-state index in [0.717, 1.165) is 18.9 Å². The maximum absolute atomic E-state index is 11.4. The highest BCUT2D eigenvalue weighted by Crippen LogP contribution is 2.24. The molecule has 2 heteroatoms. The van der Waals surface area contributed by atoms with Crippen molar-refractivity contribution in [3.8, 4) is 0 Å². The highest BCUT2D eigenvalue weighted by Gasteiger charge is 2.31. The number of carbonyl (C=O) groups excluding carboxylic acids is 1. The van der Waals surface area contributed by atoms with Gasteiger partial charge in [-0.1, -0.05) is 20.3 Å². The first kappa shape index (κ1) is 9.72. The minimum atomic E-state index is 0.222. The second-order valence-corrected chi connectivity index (χ2v) is 3.79. The smallest absolute Gasteiger partial charge is 0.149 e. The number of hydrogen-bond donors (Lipinski definition) is 0. The lowest BCUT2D eigenvalue weighted by molar-refractivity contribution is -0.122. The Kier molecular flexibility index (Phi) is 3.27. The fourth-order valence-corrected chi connectivity index (χ4v) is 2.01. The molecule has 12 heavy (non-hydrogen) atoms. The van der Waals surface area contributed by atoms with E-state index >= 15 is 0 Å². The molecule has 0 spiro atoms. The second kappa shape index (κ2) is 4.04. The Balaban J connectivity index is 2.51. The van der Waals surface area contributed by atoms with Crippen molar-refractivity contribution in [3.63, 3.8) is 0 Å². The molecule has 0 aromatic carbocycles. The van der Waals surface area contributed by atoms with Crippen LogP contribution in [0.4, 0.5) is 0 Å². The minimum Gasteiger partial charge on any atom is -0.298 e. The van der Waals surface area contributed by atoms with E-state index in [1.165, 1.54) is 6.42 Å². The van der Waals surface area contributed by atoms with Gasteiger partial charge in [0.1, 0.15) is 5.78 Å². The van der Waals surface area contributed by atoms with Gasteiger partial charge in [0.15, 0.2) is 0 Å². The van der Waals surface area contributed by atoms with E-state index in [1.54, 1.807) is 0 Å². The van der Waals surface area contributed by atoms with Crippen molar-refractivity contribution in [1.82, 2.24) is 4.90 Å². The summed E-state index contributed by atoms with van der Waals surface area (Å²) < 4.78 is 0. The van der Waals surface area contributed by atoms with Crippen LogP contribution in [0.25, 0.3) is 0 Å². The molecule has 1 aliphatic heterocycles. The molecule has 2 atom stereocenters. The highest BCUT2D eigenvalue weighted by molar-refractivity contribution is 5.83. The van der Waals surface area contributed by atoms with Gasteiger partial charge in [-0.15, -0.1) is 0 Å². The van der Waals surface area contributed by atoms with Crippen LogP contribution in [-0.2, 0) is 4.79 Å². The Labute approximate surface area is 74.9 Å². The number of nitrogens with zero attached hydrogens (tertiary/aromatic N) is 1. The van der Waals surface area contributed by atoms with Crippen molar-refractivity contribution >= 4 is 5.78 Å². The maximum Gasteiger partial charge on any atom is 0.149 e. The molecule has 0 bridgehead atoms. The molecule has 0 aromatic heterocycles. The number of carbonyl (C=O) groups is 1. The zero-order chi connectivity index (χ0) is 9.14. The van der Waals surface area contributed by atoms with Gasteiger partial charge in [0.2, 0.25) is 0 Å². The molecule has 1 aliphatic rings. The Bertz CT molecular complexity index is 167. The maximum atomic E-state index is 11.4. The molecule has 0 radical (unpaired) electrons. The normalized spacial score (nSPS) is 30.9. The standard InChI is InChI=1S/C10H19NO/c1-4-8-6-9(10(12)5-2)11(3)7-8/h8-9H,4-7H2,1-3H3/t8-,9-/m1/s1. The molecule has 2 nitrogen and oxygen atoms in total. The van der Waals surface area contributed by atoms with Gasteiger partial charge < -0.3 is 0 Å². The van der Waals surface area contributed by atoms with Gasteiger partial charge in [-0.3, -0.25) is 9.69 Å². The largest absolute Gasteiger partial charge is 0.298 e. The Morgan fingerprint density at radius 1 is 1.50 bits per heavy atom. The summed E-state index contributed by atoms with van der Waals surface area (Å²) in [6.45, 7) is 5.26. The van der Waals surface area contributed by atoms with Crippen molar-refractivity contribution in [2.45, 2.75) is 39.2 Å². The SMILES string of the molecule is CCC(=O)[C@H]1C[C@@H](CC)CN1C. The van der Waals surface area contributed by atoms with Crippen molar-refractivity contribution in [2.75, 3.05) is 13.6 Å². The number of Topliss-reactive ketones (excluding diaryl/α,β-unsaturated/α-hetero) is 1. The number of hydrogen-bond acceptors (Lipinski definition) is 2. The van der Waals surface area contributed by atoms with Crippen molar-refractivity contribution in [3.05, 3.63) is 0 Å². The van der Waals surface area contributed by atoms with Crippen LogP contribution in [0.15, 0.2) is 0 Å².